The Morgan fingerprint density at radius 2 is 1.96 bits per heavy atom. The number of aromatic nitrogens is 2. The number of rotatable bonds is 4. The summed E-state index contributed by atoms with van der Waals surface area (Å²) in [7, 11) is -3.04. The molecule has 1 saturated heterocycles. The van der Waals surface area contributed by atoms with E-state index in [0.29, 0.717) is 23.6 Å². The van der Waals surface area contributed by atoms with E-state index in [1.54, 1.807) is 13.1 Å². The minimum atomic E-state index is -3.04. The topological polar surface area (TPSA) is 84.3 Å². The van der Waals surface area contributed by atoms with E-state index in [0.717, 1.165) is 5.69 Å². The molecule has 0 spiro atoms. The second-order valence-corrected chi connectivity index (χ2v) is 9.12. The van der Waals surface area contributed by atoms with Crippen molar-refractivity contribution in [2.75, 3.05) is 11.5 Å². The van der Waals surface area contributed by atoms with Crippen molar-refractivity contribution in [3.63, 3.8) is 0 Å². The van der Waals surface area contributed by atoms with Crippen LogP contribution in [0.25, 0.3) is 0 Å². The summed E-state index contributed by atoms with van der Waals surface area (Å²) < 4.78 is 24.7. The lowest BCUT2D eigenvalue weighted by Gasteiger charge is -2.07. The van der Waals surface area contributed by atoms with E-state index in [2.05, 4.69) is 23.9 Å². The van der Waals surface area contributed by atoms with Gasteiger partial charge in [0.05, 0.1) is 28.8 Å². The molecular weight excluding hydrogens is 338 g/mol. The minimum absolute atomic E-state index is 0.0140. The molecule has 1 aliphatic heterocycles. The molecule has 0 bridgehead atoms. The molecule has 1 N–H and O–H groups in total. The number of hydrogen-bond acceptors (Lipinski definition) is 4. The molecule has 1 atom stereocenters. The zero-order valence-electron chi connectivity index (χ0n) is 14.7. The maximum absolute atomic E-state index is 12.6. The lowest BCUT2D eigenvalue weighted by molar-refractivity contribution is 0.483. The van der Waals surface area contributed by atoms with E-state index < -0.39 is 9.84 Å². The van der Waals surface area contributed by atoms with Crippen molar-refractivity contribution in [1.29, 1.82) is 0 Å². The van der Waals surface area contributed by atoms with Crippen molar-refractivity contribution in [2.24, 2.45) is 4.99 Å². The Balaban J connectivity index is 1.85. The first-order chi connectivity index (χ1) is 11.8. The highest BCUT2D eigenvalue weighted by Gasteiger charge is 2.31. The molecule has 2 heterocycles. The molecule has 1 fully saturated rings. The Labute approximate surface area is 147 Å². The van der Waals surface area contributed by atoms with Crippen molar-refractivity contribution in [1.82, 2.24) is 9.78 Å². The third-order valence-corrected chi connectivity index (χ3v) is 6.37. The van der Waals surface area contributed by atoms with Gasteiger partial charge in [0.1, 0.15) is 0 Å². The summed E-state index contributed by atoms with van der Waals surface area (Å²) in [6.45, 7) is 6.06. The Morgan fingerprint density at radius 1 is 1.28 bits per heavy atom. The van der Waals surface area contributed by atoms with Gasteiger partial charge in [-0.1, -0.05) is 26.0 Å². The van der Waals surface area contributed by atoms with Crippen LogP contribution in [0.15, 0.2) is 34.1 Å². The molecule has 25 heavy (non-hydrogen) atoms. The van der Waals surface area contributed by atoms with Crippen LogP contribution in [0.1, 0.15) is 49.0 Å². The van der Waals surface area contributed by atoms with Crippen LogP contribution in [-0.4, -0.2) is 35.9 Å². The number of aliphatic imine (C=N–C) groups is 1. The third kappa shape index (κ3) is 3.76. The second kappa shape index (κ2) is 6.63. The molecule has 1 aromatic carbocycles. The lowest BCUT2D eigenvalue weighted by Crippen LogP contribution is -2.25. The van der Waals surface area contributed by atoms with Gasteiger partial charge in [-0.25, -0.2) is 13.1 Å². The van der Waals surface area contributed by atoms with E-state index in [1.165, 1.54) is 10.2 Å². The molecule has 0 saturated carbocycles. The fraction of sp³-hybridized carbons (Fsp3) is 0.444. The molecule has 7 heteroatoms. The van der Waals surface area contributed by atoms with E-state index in [9.17, 15) is 13.2 Å². The van der Waals surface area contributed by atoms with Gasteiger partial charge in [0.15, 0.2) is 9.84 Å². The standard InChI is InChI=1S/C18H23N3O3S/c1-12(2)14-4-6-15(7-5-14)19-10-17-13(3)20-21(18(17)22)16-8-9-25(23,24)11-16/h4-7,10,12,16,20H,8-9,11H2,1-3H3/t16-/m0/s1. The number of aromatic amines is 1. The highest BCUT2D eigenvalue weighted by Crippen LogP contribution is 2.22. The number of nitrogens with one attached hydrogen (secondary N) is 1. The normalized spacial score (nSPS) is 19.9. The van der Waals surface area contributed by atoms with Gasteiger partial charge in [-0.2, -0.15) is 0 Å². The molecule has 134 valence electrons. The fourth-order valence-corrected chi connectivity index (χ4v) is 4.75. The maximum atomic E-state index is 12.6. The summed E-state index contributed by atoms with van der Waals surface area (Å²) in [5.41, 5.74) is 2.96. The van der Waals surface area contributed by atoms with Crippen LogP contribution in [0.3, 0.4) is 0 Å². The molecule has 1 aliphatic rings. The summed E-state index contributed by atoms with van der Waals surface area (Å²) in [6, 6.07) is 7.60. The first-order valence-corrected chi connectivity index (χ1v) is 10.2. The van der Waals surface area contributed by atoms with Crippen molar-refractivity contribution >= 4 is 21.7 Å². The largest absolute Gasteiger partial charge is 0.299 e. The number of sulfone groups is 1. The van der Waals surface area contributed by atoms with Crippen LogP contribution in [0.4, 0.5) is 5.69 Å². The molecule has 1 aromatic heterocycles. The molecule has 0 amide bonds. The van der Waals surface area contributed by atoms with Crippen LogP contribution in [0.5, 0.6) is 0 Å². The second-order valence-electron chi connectivity index (χ2n) is 6.89. The van der Waals surface area contributed by atoms with Gasteiger partial charge in [0, 0.05) is 11.9 Å². The van der Waals surface area contributed by atoms with E-state index in [1.807, 2.05) is 24.3 Å². The molecule has 0 radical (unpaired) electrons. The summed E-state index contributed by atoms with van der Waals surface area (Å²) in [5, 5.41) is 3.00. The smallest absolute Gasteiger partial charge is 0.275 e. The number of H-pyrrole nitrogens is 1. The van der Waals surface area contributed by atoms with Crippen molar-refractivity contribution in [3.05, 3.63) is 51.4 Å². The fourth-order valence-electron chi connectivity index (χ4n) is 3.05. The third-order valence-electron chi connectivity index (χ3n) is 4.62. The van der Waals surface area contributed by atoms with Gasteiger partial charge in [-0.15, -0.1) is 0 Å². The Morgan fingerprint density at radius 3 is 2.52 bits per heavy atom. The van der Waals surface area contributed by atoms with Gasteiger partial charge in [-0.3, -0.25) is 14.9 Å². The van der Waals surface area contributed by atoms with Crippen molar-refractivity contribution in [3.8, 4) is 0 Å². The molecule has 3 rings (SSSR count). The quantitative estimate of drug-likeness (QED) is 0.850. The van der Waals surface area contributed by atoms with Gasteiger partial charge in [0.25, 0.3) is 5.56 Å². The average molecular weight is 361 g/mol. The predicted octanol–water partition coefficient (Wildman–Crippen LogP) is 2.72. The van der Waals surface area contributed by atoms with E-state index >= 15 is 0 Å². The zero-order valence-corrected chi connectivity index (χ0v) is 15.5. The lowest BCUT2D eigenvalue weighted by atomic mass is 10.0. The Kier molecular flexibility index (Phi) is 4.69. The van der Waals surface area contributed by atoms with Crippen LogP contribution >= 0.6 is 0 Å². The molecule has 0 unspecified atom stereocenters. The van der Waals surface area contributed by atoms with Crippen LogP contribution in [0.2, 0.25) is 0 Å². The molecular formula is C18H23N3O3S. The van der Waals surface area contributed by atoms with Gasteiger partial charge < -0.3 is 0 Å². The Bertz CT molecular complexity index is 950. The van der Waals surface area contributed by atoms with E-state index in [-0.39, 0.29) is 23.1 Å². The van der Waals surface area contributed by atoms with Gasteiger partial charge >= 0.3 is 0 Å². The van der Waals surface area contributed by atoms with Crippen LogP contribution in [-0.2, 0) is 9.84 Å². The van der Waals surface area contributed by atoms with Crippen molar-refractivity contribution < 1.29 is 8.42 Å². The SMILES string of the molecule is Cc1[nH]n([C@H]2CCS(=O)(=O)C2)c(=O)c1C=Nc1ccc(C(C)C)cc1. The number of benzene rings is 1. The monoisotopic (exact) mass is 361 g/mol. The van der Waals surface area contributed by atoms with Crippen LogP contribution < -0.4 is 5.56 Å². The first kappa shape index (κ1) is 17.7. The molecule has 2 aromatic rings. The average Bonchev–Trinajstić information content (AvgIpc) is 3.05. The van der Waals surface area contributed by atoms with Crippen molar-refractivity contribution in [2.45, 2.75) is 39.2 Å². The summed E-state index contributed by atoms with van der Waals surface area (Å²) in [5.74, 6) is 0.605. The predicted molar refractivity (Wildman–Crippen MR) is 99.9 cm³/mol. The van der Waals surface area contributed by atoms with Gasteiger partial charge in [-0.05, 0) is 37.0 Å². The molecule has 0 aliphatic carbocycles. The highest BCUT2D eigenvalue weighted by molar-refractivity contribution is 7.91. The van der Waals surface area contributed by atoms with Crippen LogP contribution in [0, 0.1) is 6.92 Å². The summed E-state index contributed by atoms with van der Waals surface area (Å²) in [4.78, 5) is 17.0. The van der Waals surface area contributed by atoms with Gasteiger partial charge in [0.2, 0.25) is 0 Å². The van der Waals surface area contributed by atoms with E-state index in [4.69, 9.17) is 0 Å². The number of nitrogens with zero attached hydrogens (tertiary/aromatic N) is 2. The summed E-state index contributed by atoms with van der Waals surface area (Å²) in [6.07, 6.45) is 2.02. The zero-order chi connectivity index (χ0) is 18.2. The molecule has 6 nitrogen and oxygen atoms in total. The minimum Gasteiger partial charge on any atom is -0.299 e. The number of hydrogen-bond donors (Lipinski definition) is 1. The summed E-state index contributed by atoms with van der Waals surface area (Å²) >= 11 is 0. The first-order valence-electron chi connectivity index (χ1n) is 8.42. The number of aryl methyl sites for hydroxylation is 1. The highest BCUT2D eigenvalue weighted by atomic mass is 32.2. The maximum Gasteiger partial charge on any atom is 0.275 e. The Hall–Kier alpha value is -2.15.